The highest BCUT2D eigenvalue weighted by atomic mass is 16.8. The molecular weight excluding hydrogens is 272 g/mol. The van der Waals surface area contributed by atoms with Crippen LogP contribution >= 0.6 is 0 Å². The van der Waals surface area contributed by atoms with E-state index in [2.05, 4.69) is 0 Å². The summed E-state index contributed by atoms with van der Waals surface area (Å²) >= 11 is 0. The number of carbonyl (C=O) groups is 2. The van der Waals surface area contributed by atoms with Gasteiger partial charge in [0, 0.05) is 12.6 Å². The molecule has 1 aromatic carbocycles. The minimum Gasteiger partial charge on any atom is -0.442 e. The molecule has 0 atom stereocenters. The first-order valence-corrected chi connectivity index (χ1v) is 6.71. The van der Waals surface area contributed by atoms with Crippen molar-refractivity contribution in [2.45, 2.75) is 39.7 Å². The third-order valence-electron chi connectivity index (χ3n) is 2.42. The van der Waals surface area contributed by atoms with Gasteiger partial charge in [-0.1, -0.05) is 12.1 Å². The van der Waals surface area contributed by atoms with Crippen molar-refractivity contribution in [1.29, 1.82) is 0 Å². The Balaban J connectivity index is 2.67. The molecule has 0 aliphatic carbocycles. The molecular formula is C15H22N2O4. The van der Waals surface area contributed by atoms with Crippen molar-refractivity contribution in [3.63, 3.8) is 0 Å². The summed E-state index contributed by atoms with van der Waals surface area (Å²) in [6.45, 7) is 6.68. The SMILES string of the molecule is CC(=O)ON(CCc1ccc(N)cc1)C(=O)OC(C)(C)C. The average Bonchev–Trinajstić information content (AvgIpc) is 2.33. The minimum absolute atomic E-state index is 0.207. The van der Waals surface area contributed by atoms with Gasteiger partial charge in [0.05, 0.1) is 6.54 Å². The number of nitrogens with two attached hydrogens (primary N) is 1. The van der Waals surface area contributed by atoms with Gasteiger partial charge in [0.1, 0.15) is 5.60 Å². The Morgan fingerprint density at radius 2 is 1.76 bits per heavy atom. The first-order chi connectivity index (χ1) is 9.67. The number of nitrogens with zero attached hydrogens (tertiary/aromatic N) is 1. The second-order valence-corrected chi connectivity index (χ2v) is 5.66. The van der Waals surface area contributed by atoms with Crippen LogP contribution in [-0.4, -0.2) is 29.3 Å². The number of carbonyl (C=O) groups excluding carboxylic acids is 2. The molecule has 0 radical (unpaired) electrons. The van der Waals surface area contributed by atoms with E-state index >= 15 is 0 Å². The summed E-state index contributed by atoms with van der Waals surface area (Å²) in [5.41, 5.74) is 6.60. The van der Waals surface area contributed by atoms with Crippen LogP contribution in [0.5, 0.6) is 0 Å². The van der Waals surface area contributed by atoms with Crippen LogP contribution in [0.2, 0.25) is 0 Å². The van der Waals surface area contributed by atoms with Crippen molar-refractivity contribution in [2.75, 3.05) is 12.3 Å². The Labute approximate surface area is 124 Å². The lowest BCUT2D eigenvalue weighted by Gasteiger charge is -2.25. The van der Waals surface area contributed by atoms with Crippen LogP contribution in [0.25, 0.3) is 0 Å². The van der Waals surface area contributed by atoms with Gasteiger partial charge in [-0.05, 0) is 44.9 Å². The lowest BCUT2D eigenvalue weighted by Crippen LogP contribution is -2.39. The van der Waals surface area contributed by atoms with E-state index in [0.717, 1.165) is 10.6 Å². The van der Waals surface area contributed by atoms with Crippen molar-refractivity contribution in [2.24, 2.45) is 0 Å². The van der Waals surface area contributed by atoms with Crippen molar-refractivity contribution in [3.8, 4) is 0 Å². The standard InChI is InChI=1S/C15H22N2O4/c1-11(18)21-17(14(19)20-15(2,3)4)10-9-12-5-7-13(16)8-6-12/h5-8H,9-10,16H2,1-4H3. The average molecular weight is 294 g/mol. The smallest absolute Gasteiger partial charge is 0.442 e. The number of hydroxylamine groups is 2. The molecule has 0 heterocycles. The third kappa shape index (κ3) is 6.65. The van der Waals surface area contributed by atoms with E-state index in [-0.39, 0.29) is 6.54 Å². The number of benzene rings is 1. The molecule has 21 heavy (non-hydrogen) atoms. The van der Waals surface area contributed by atoms with Crippen molar-refractivity contribution in [1.82, 2.24) is 5.06 Å². The van der Waals surface area contributed by atoms with Crippen LogP contribution in [0.3, 0.4) is 0 Å². The molecule has 0 saturated heterocycles. The Hall–Kier alpha value is -2.24. The molecule has 0 fully saturated rings. The van der Waals surface area contributed by atoms with E-state index in [0.29, 0.717) is 12.1 Å². The molecule has 0 aromatic heterocycles. The highest BCUT2D eigenvalue weighted by molar-refractivity contribution is 5.71. The highest BCUT2D eigenvalue weighted by Crippen LogP contribution is 2.12. The van der Waals surface area contributed by atoms with E-state index in [9.17, 15) is 9.59 Å². The number of amides is 1. The van der Waals surface area contributed by atoms with E-state index in [1.807, 2.05) is 12.1 Å². The normalized spacial score (nSPS) is 10.9. The zero-order valence-electron chi connectivity index (χ0n) is 12.9. The summed E-state index contributed by atoms with van der Waals surface area (Å²) in [6, 6.07) is 7.27. The number of hydrogen-bond donors (Lipinski definition) is 1. The van der Waals surface area contributed by atoms with Crippen molar-refractivity contribution >= 4 is 17.7 Å². The molecule has 6 nitrogen and oxygen atoms in total. The van der Waals surface area contributed by atoms with E-state index < -0.39 is 17.7 Å². The zero-order chi connectivity index (χ0) is 16.0. The van der Waals surface area contributed by atoms with Gasteiger partial charge in [0.2, 0.25) is 0 Å². The number of anilines is 1. The monoisotopic (exact) mass is 294 g/mol. The quantitative estimate of drug-likeness (QED) is 0.684. The second kappa shape index (κ2) is 6.97. The Kier molecular flexibility index (Phi) is 5.58. The number of nitrogen functional groups attached to an aromatic ring is 1. The van der Waals surface area contributed by atoms with Gasteiger partial charge in [-0.15, -0.1) is 5.06 Å². The summed E-state index contributed by atoms with van der Waals surface area (Å²) in [7, 11) is 0. The van der Waals surface area contributed by atoms with Crippen LogP contribution in [-0.2, 0) is 20.8 Å². The second-order valence-electron chi connectivity index (χ2n) is 5.66. The predicted molar refractivity (Wildman–Crippen MR) is 79.3 cm³/mol. The topological polar surface area (TPSA) is 81.9 Å². The Morgan fingerprint density at radius 3 is 2.24 bits per heavy atom. The van der Waals surface area contributed by atoms with Crippen molar-refractivity contribution < 1.29 is 19.2 Å². The fraction of sp³-hybridized carbons (Fsp3) is 0.467. The number of ether oxygens (including phenoxy) is 1. The van der Waals surface area contributed by atoms with E-state index in [4.69, 9.17) is 15.3 Å². The van der Waals surface area contributed by atoms with Gasteiger partial charge in [-0.25, -0.2) is 4.79 Å². The maximum Gasteiger partial charge on any atom is 0.443 e. The summed E-state index contributed by atoms with van der Waals surface area (Å²) in [4.78, 5) is 28.0. The molecule has 0 saturated carbocycles. The first-order valence-electron chi connectivity index (χ1n) is 6.71. The van der Waals surface area contributed by atoms with Crippen LogP contribution in [0, 0.1) is 0 Å². The molecule has 2 N–H and O–H groups in total. The number of hydrogen-bond acceptors (Lipinski definition) is 5. The fourth-order valence-electron chi connectivity index (χ4n) is 1.56. The molecule has 6 heteroatoms. The maximum absolute atomic E-state index is 12.0. The van der Waals surface area contributed by atoms with Gasteiger partial charge in [0.25, 0.3) is 0 Å². The lowest BCUT2D eigenvalue weighted by atomic mass is 10.1. The highest BCUT2D eigenvalue weighted by Gasteiger charge is 2.24. The first kappa shape index (κ1) is 16.8. The van der Waals surface area contributed by atoms with Crippen LogP contribution in [0.1, 0.15) is 33.3 Å². The molecule has 1 rings (SSSR count). The van der Waals surface area contributed by atoms with E-state index in [1.165, 1.54) is 6.92 Å². The molecule has 0 bridgehead atoms. The summed E-state index contributed by atoms with van der Waals surface area (Å²) < 4.78 is 5.20. The predicted octanol–water partition coefficient (Wildman–Crippen LogP) is 2.53. The van der Waals surface area contributed by atoms with Gasteiger partial charge >= 0.3 is 12.1 Å². The van der Waals surface area contributed by atoms with Gasteiger partial charge in [-0.3, -0.25) is 4.79 Å². The van der Waals surface area contributed by atoms with E-state index in [1.54, 1.807) is 32.9 Å². The fourth-order valence-corrected chi connectivity index (χ4v) is 1.56. The third-order valence-corrected chi connectivity index (χ3v) is 2.42. The largest absolute Gasteiger partial charge is 0.443 e. The lowest BCUT2D eigenvalue weighted by molar-refractivity contribution is -0.181. The molecule has 116 valence electrons. The molecule has 0 unspecified atom stereocenters. The Morgan fingerprint density at radius 1 is 1.19 bits per heavy atom. The summed E-state index contributed by atoms with van der Waals surface area (Å²) in [5.74, 6) is -0.571. The minimum atomic E-state index is -0.687. The van der Waals surface area contributed by atoms with Gasteiger partial charge in [0.15, 0.2) is 0 Å². The molecule has 0 spiro atoms. The maximum atomic E-state index is 12.0. The van der Waals surface area contributed by atoms with Gasteiger partial charge < -0.3 is 15.3 Å². The van der Waals surface area contributed by atoms with Crippen LogP contribution < -0.4 is 5.73 Å². The van der Waals surface area contributed by atoms with Crippen molar-refractivity contribution in [3.05, 3.63) is 29.8 Å². The van der Waals surface area contributed by atoms with Gasteiger partial charge in [-0.2, -0.15) is 0 Å². The molecule has 0 aliphatic rings. The summed E-state index contributed by atoms with van der Waals surface area (Å²) in [5, 5.41) is 0.934. The Bertz CT molecular complexity index is 491. The number of rotatable bonds is 3. The van der Waals surface area contributed by atoms with Crippen LogP contribution in [0.15, 0.2) is 24.3 Å². The summed E-state index contributed by atoms with van der Waals surface area (Å²) in [6.07, 6.45) is -0.166. The molecule has 1 amide bonds. The van der Waals surface area contributed by atoms with Crippen LogP contribution in [0.4, 0.5) is 10.5 Å². The zero-order valence-corrected chi connectivity index (χ0v) is 12.9. The molecule has 0 aliphatic heterocycles. The molecule has 1 aromatic rings.